The Kier molecular flexibility index (Phi) is 3.97. The van der Waals surface area contributed by atoms with E-state index in [0.29, 0.717) is 0 Å². The molecule has 0 saturated heterocycles. The molecule has 0 bridgehead atoms. The van der Waals surface area contributed by atoms with E-state index in [2.05, 4.69) is 36.8 Å². The zero-order chi connectivity index (χ0) is 12.4. The molecule has 2 N–H and O–H groups in total. The molecule has 1 aromatic carbocycles. The van der Waals surface area contributed by atoms with Crippen LogP contribution in [0.5, 0.6) is 0 Å². The Morgan fingerprint density at radius 1 is 1.18 bits per heavy atom. The van der Waals surface area contributed by atoms with Crippen molar-refractivity contribution in [1.82, 2.24) is 4.98 Å². The molecule has 0 aliphatic carbocycles. The van der Waals surface area contributed by atoms with Crippen LogP contribution in [0.4, 0.5) is 0 Å². The number of pyridine rings is 1. The Morgan fingerprint density at radius 2 is 1.94 bits per heavy atom. The van der Waals surface area contributed by atoms with Gasteiger partial charge in [-0.1, -0.05) is 37.9 Å². The molecule has 1 atom stereocenters. The van der Waals surface area contributed by atoms with E-state index in [1.54, 1.807) is 6.20 Å². The highest BCUT2D eigenvalue weighted by atomic mass is 79.9. The highest BCUT2D eigenvalue weighted by molar-refractivity contribution is 9.11. The van der Waals surface area contributed by atoms with Gasteiger partial charge in [-0.15, -0.1) is 0 Å². The van der Waals surface area contributed by atoms with E-state index in [0.717, 1.165) is 25.6 Å². The second-order valence-corrected chi connectivity index (χ2v) is 5.65. The number of aryl methyl sites for hydroxylation is 1. The molecular weight excluding hydrogens is 344 g/mol. The van der Waals surface area contributed by atoms with E-state index in [4.69, 9.17) is 5.73 Å². The predicted molar refractivity (Wildman–Crippen MR) is 76.8 cm³/mol. The fourth-order valence-electron chi connectivity index (χ4n) is 1.72. The molecule has 1 aromatic heterocycles. The monoisotopic (exact) mass is 354 g/mol. The van der Waals surface area contributed by atoms with Crippen LogP contribution in [0.15, 0.2) is 45.6 Å². The van der Waals surface area contributed by atoms with Gasteiger partial charge in [0.25, 0.3) is 0 Å². The molecule has 17 heavy (non-hydrogen) atoms. The normalized spacial score (nSPS) is 12.5. The van der Waals surface area contributed by atoms with Crippen molar-refractivity contribution in [3.05, 3.63) is 62.3 Å². The van der Waals surface area contributed by atoms with Crippen LogP contribution in [0.1, 0.15) is 22.7 Å². The predicted octanol–water partition coefficient (Wildman–Crippen LogP) is 3.96. The van der Waals surface area contributed by atoms with E-state index >= 15 is 0 Å². The molecule has 1 heterocycles. The van der Waals surface area contributed by atoms with E-state index in [1.807, 2.05) is 37.4 Å². The Morgan fingerprint density at radius 3 is 2.59 bits per heavy atom. The fourth-order valence-corrected chi connectivity index (χ4v) is 3.02. The molecule has 88 valence electrons. The topological polar surface area (TPSA) is 38.9 Å². The van der Waals surface area contributed by atoms with E-state index < -0.39 is 0 Å². The highest BCUT2D eigenvalue weighted by Gasteiger charge is 2.14. The number of hydrogen-bond donors (Lipinski definition) is 1. The van der Waals surface area contributed by atoms with Crippen LogP contribution in [-0.2, 0) is 0 Å². The minimum absolute atomic E-state index is 0.161. The molecule has 2 nitrogen and oxygen atoms in total. The first kappa shape index (κ1) is 12.7. The van der Waals surface area contributed by atoms with Crippen LogP contribution in [0.25, 0.3) is 0 Å². The smallest absolute Gasteiger partial charge is 0.0580 e. The van der Waals surface area contributed by atoms with Crippen LogP contribution in [0.2, 0.25) is 0 Å². The van der Waals surface area contributed by atoms with Gasteiger partial charge in [0.1, 0.15) is 0 Å². The third-order valence-electron chi connectivity index (χ3n) is 2.71. The van der Waals surface area contributed by atoms with Gasteiger partial charge < -0.3 is 5.73 Å². The van der Waals surface area contributed by atoms with Gasteiger partial charge in [0, 0.05) is 21.3 Å². The van der Waals surface area contributed by atoms with Crippen LogP contribution in [0.3, 0.4) is 0 Å². The molecular formula is C13H12Br2N2. The van der Waals surface area contributed by atoms with Crippen LogP contribution in [0, 0.1) is 6.92 Å². The second kappa shape index (κ2) is 5.29. The van der Waals surface area contributed by atoms with E-state index in [-0.39, 0.29) is 6.04 Å². The van der Waals surface area contributed by atoms with Crippen molar-refractivity contribution in [1.29, 1.82) is 0 Å². The van der Waals surface area contributed by atoms with Gasteiger partial charge in [-0.05, 0) is 41.8 Å². The highest BCUT2D eigenvalue weighted by Crippen LogP contribution is 2.30. The van der Waals surface area contributed by atoms with Crippen molar-refractivity contribution in [2.24, 2.45) is 5.73 Å². The quantitative estimate of drug-likeness (QED) is 0.885. The number of aromatic nitrogens is 1. The standard InChI is InChI=1S/C13H12Br2N2/c1-8-4-5-17-7-11(8)13(16)10-3-2-9(14)6-12(10)15/h2-7,13H,16H2,1H3. The number of nitrogens with zero attached hydrogens (tertiary/aromatic N) is 1. The van der Waals surface area contributed by atoms with E-state index in [9.17, 15) is 0 Å². The zero-order valence-electron chi connectivity index (χ0n) is 9.32. The third-order valence-corrected chi connectivity index (χ3v) is 3.89. The first-order valence-electron chi connectivity index (χ1n) is 5.20. The van der Waals surface area contributed by atoms with Crippen molar-refractivity contribution in [3.63, 3.8) is 0 Å². The van der Waals surface area contributed by atoms with Gasteiger partial charge in [-0.2, -0.15) is 0 Å². The lowest BCUT2D eigenvalue weighted by Crippen LogP contribution is -2.14. The summed E-state index contributed by atoms with van der Waals surface area (Å²) in [4.78, 5) is 4.13. The Hall–Kier alpha value is -0.710. The summed E-state index contributed by atoms with van der Waals surface area (Å²) < 4.78 is 2.03. The first-order chi connectivity index (χ1) is 8.09. The maximum atomic E-state index is 6.28. The lowest BCUT2D eigenvalue weighted by molar-refractivity contribution is 0.847. The number of hydrogen-bond acceptors (Lipinski definition) is 2. The molecule has 2 aromatic rings. The van der Waals surface area contributed by atoms with Gasteiger partial charge in [0.05, 0.1) is 6.04 Å². The van der Waals surface area contributed by atoms with Crippen LogP contribution in [-0.4, -0.2) is 4.98 Å². The number of nitrogens with two attached hydrogens (primary N) is 1. The summed E-state index contributed by atoms with van der Waals surface area (Å²) in [6.45, 7) is 2.05. The third kappa shape index (κ3) is 2.76. The maximum absolute atomic E-state index is 6.28. The van der Waals surface area contributed by atoms with Crippen molar-refractivity contribution in [2.45, 2.75) is 13.0 Å². The minimum Gasteiger partial charge on any atom is -0.320 e. The molecule has 0 fully saturated rings. The van der Waals surface area contributed by atoms with Gasteiger partial charge in [0.15, 0.2) is 0 Å². The van der Waals surface area contributed by atoms with Gasteiger partial charge >= 0.3 is 0 Å². The van der Waals surface area contributed by atoms with Crippen LogP contribution >= 0.6 is 31.9 Å². The molecule has 0 spiro atoms. The Balaban J connectivity index is 2.44. The number of rotatable bonds is 2. The Labute approximate surface area is 118 Å². The fraction of sp³-hybridized carbons (Fsp3) is 0.154. The minimum atomic E-state index is -0.161. The second-order valence-electron chi connectivity index (χ2n) is 3.88. The lowest BCUT2D eigenvalue weighted by atomic mass is 9.98. The van der Waals surface area contributed by atoms with Crippen molar-refractivity contribution in [2.75, 3.05) is 0 Å². The molecule has 1 unspecified atom stereocenters. The summed E-state index contributed by atoms with van der Waals surface area (Å²) in [6, 6.07) is 7.82. The average Bonchev–Trinajstić information content (AvgIpc) is 2.29. The van der Waals surface area contributed by atoms with Crippen molar-refractivity contribution < 1.29 is 0 Å². The summed E-state index contributed by atoms with van der Waals surface area (Å²) in [5.74, 6) is 0. The SMILES string of the molecule is Cc1ccncc1C(N)c1ccc(Br)cc1Br. The molecule has 0 saturated carbocycles. The summed E-state index contributed by atoms with van der Waals surface area (Å²) in [5.41, 5.74) is 9.55. The van der Waals surface area contributed by atoms with Crippen LogP contribution < -0.4 is 5.73 Å². The molecule has 0 aliphatic heterocycles. The van der Waals surface area contributed by atoms with Gasteiger partial charge in [-0.3, -0.25) is 4.98 Å². The largest absolute Gasteiger partial charge is 0.320 e. The summed E-state index contributed by atoms with van der Waals surface area (Å²) in [5, 5.41) is 0. The van der Waals surface area contributed by atoms with Crippen molar-refractivity contribution in [3.8, 4) is 0 Å². The van der Waals surface area contributed by atoms with Crippen molar-refractivity contribution >= 4 is 31.9 Å². The zero-order valence-corrected chi connectivity index (χ0v) is 12.5. The molecule has 0 amide bonds. The average molecular weight is 356 g/mol. The van der Waals surface area contributed by atoms with Gasteiger partial charge in [0.2, 0.25) is 0 Å². The summed E-state index contributed by atoms with van der Waals surface area (Å²) in [7, 11) is 0. The van der Waals surface area contributed by atoms with Gasteiger partial charge in [-0.25, -0.2) is 0 Å². The molecule has 0 radical (unpaired) electrons. The number of benzene rings is 1. The first-order valence-corrected chi connectivity index (χ1v) is 6.79. The lowest BCUT2D eigenvalue weighted by Gasteiger charge is -2.16. The molecule has 4 heteroatoms. The molecule has 2 rings (SSSR count). The number of halogens is 2. The summed E-state index contributed by atoms with van der Waals surface area (Å²) in [6.07, 6.45) is 3.61. The molecule has 0 aliphatic rings. The Bertz CT molecular complexity index is 541. The van der Waals surface area contributed by atoms with E-state index in [1.165, 1.54) is 0 Å². The summed E-state index contributed by atoms with van der Waals surface area (Å²) >= 11 is 6.97. The maximum Gasteiger partial charge on any atom is 0.0580 e.